The van der Waals surface area contributed by atoms with E-state index in [2.05, 4.69) is 0 Å². The van der Waals surface area contributed by atoms with E-state index in [4.69, 9.17) is 4.74 Å². The average molecular weight is 205 g/mol. The van der Waals surface area contributed by atoms with Crippen molar-refractivity contribution in [3.8, 4) is 0 Å². The zero-order valence-corrected chi connectivity index (χ0v) is 8.96. The molecular weight excluding hydrogens is 192 g/mol. The Morgan fingerprint density at radius 2 is 2.27 bits per heavy atom. The molecule has 0 aliphatic heterocycles. The van der Waals surface area contributed by atoms with Gasteiger partial charge in [-0.15, -0.1) is 0 Å². The molecule has 2 aromatic rings. The van der Waals surface area contributed by atoms with Gasteiger partial charge in [-0.1, -0.05) is 5.46 Å². The Morgan fingerprint density at radius 3 is 3.00 bits per heavy atom. The van der Waals surface area contributed by atoms with Crippen LogP contribution in [0, 0.1) is 5.82 Å². The molecule has 0 atom stereocenters. The van der Waals surface area contributed by atoms with Gasteiger partial charge in [-0.05, 0) is 23.6 Å². The van der Waals surface area contributed by atoms with Gasteiger partial charge in [0.25, 0.3) is 0 Å². The molecule has 1 heterocycles. The number of halogens is 1. The zero-order chi connectivity index (χ0) is 10.8. The summed E-state index contributed by atoms with van der Waals surface area (Å²) in [4.78, 5) is 0. The molecule has 2 nitrogen and oxygen atoms in total. The molecule has 0 spiro atoms. The Balaban J connectivity index is 2.49. The molecule has 0 bridgehead atoms. The van der Waals surface area contributed by atoms with Crippen molar-refractivity contribution >= 4 is 24.2 Å². The van der Waals surface area contributed by atoms with Crippen molar-refractivity contribution in [1.29, 1.82) is 0 Å². The van der Waals surface area contributed by atoms with Gasteiger partial charge >= 0.3 is 0 Å². The van der Waals surface area contributed by atoms with Crippen molar-refractivity contribution in [3.63, 3.8) is 0 Å². The van der Waals surface area contributed by atoms with E-state index in [1.165, 1.54) is 0 Å². The molecule has 0 fully saturated rings. The van der Waals surface area contributed by atoms with Crippen LogP contribution in [0.2, 0.25) is 0 Å². The van der Waals surface area contributed by atoms with Gasteiger partial charge in [0.15, 0.2) is 0 Å². The molecule has 0 N–H and O–H groups in total. The van der Waals surface area contributed by atoms with E-state index >= 15 is 0 Å². The Kier molecular flexibility index (Phi) is 2.78. The summed E-state index contributed by atoms with van der Waals surface area (Å²) in [6.45, 7) is 1.39. The quantitative estimate of drug-likeness (QED) is 0.672. The lowest BCUT2D eigenvalue weighted by Gasteiger charge is -2.05. The fourth-order valence-corrected chi connectivity index (χ4v) is 1.82. The first-order valence-electron chi connectivity index (χ1n) is 4.96. The van der Waals surface area contributed by atoms with E-state index in [1.807, 2.05) is 24.7 Å². The summed E-state index contributed by atoms with van der Waals surface area (Å²) in [5, 5.41) is 1.10. The van der Waals surface area contributed by atoms with Crippen molar-refractivity contribution < 1.29 is 9.13 Å². The van der Waals surface area contributed by atoms with E-state index in [0.29, 0.717) is 6.61 Å². The first-order chi connectivity index (χ1) is 7.22. The maximum absolute atomic E-state index is 13.2. The van der Waals surface area contributed by atoms with Gasteiger partial charge in [0.05, 0.1) is 12.1 Å². The van der Waals surface area contributed by atoms with Gasteiger partial charge in [0.1, 0.15) is 13.7 Å². The molecule has 1 aromatic heterocycles. The van der Waals surface area contributed by atoms with E-state index in [-0.39, 0.29) is 5.82 Å². The highest BCUT2D eigenvalue weighted by atomic mass is 19.1. The highest BCUT2D eigenvalue weighted by Crippen LogP contribution is 2.14. The third-order valence-electron chi connectivity index (χ3n) is 2.60. The standard InChI is InChI=1S/C11H13BFNO/c1-15-5-4-14-3-2-9-10(12)6-8(13)7-11(9)14/h2-3,6-7H,4-5,12H2,1H3. The third kappa shape index (κ3) is 1.90. The van der Waals surface area contributed by atoms with Crippen LogP contribution in [0.15, 0.2) is 24.4 Å². The van der Waals surface area contributed by atoms with Crippen LogP contribution in [0.5, 0.6) is 0 Å². The minimum Gasteiger partial charge on any atom is -0.383 e. The Morgan fingerprint density at radius 1 is 1.47 bits per heavy atom. The van der Waals surface area contributed by atoms with Crippen LogP contribution in [-0.4, -0.2) is 26.1 Å². The number of benzene rings is 1. The van der Waals surface area contributed by atoms with Crippen LogP contribution in [-0.2, 0) is 11.3 Å². The lowest BCUT2D eigenvalue weighted by atomic mass is 9.92. The molecule has 0 aliphatic rings. The van der Waals surface area contributed by atoms with E-state index in [0.717, 1.165) is 22.9 Å². The molecule has 2 rings (SSSR count). The highest BCUT2D eigenvalue weighted by Gasteiger charge is 2.05. The summed E-state index contributed by atoms with van der Waals surface area (Å²) < 4.78 is 20.3. The molecular formula is C11H13BFNO. The second-order valence-corrected chi connectivity index (χ2v) is 3.66. The van der Waals surface area contributed by atoms with Crippen LogP contribution in [0.1, 0.15) is 0 Å². The fraction of sp³-hybridized carbons (Fsp3) is 0.273. The highest BCUT2D eigenvalue weighted by molar-refractivity contribution is 6.38. The number of ether oxygens (including phenoxy) is 1. The van der Waals surface area contributed by atoms with Crippen molar-refractivity contribution in [3.05, 3.63) is 30.2 Å². The summed E-state index contributed by atoms with van der Waals surface area (Å²) in [5.74, 6) is -0.183. The van der Waals surface area contributed by atoms with E-state index in [9.17, 15) is 4.39 Å². The molecule has 1 aromatic carbocycles. The minimum absolute atomic E-state index is 0.183. The van der Waals surface area contributed by atoms with Gasteiger partial charge in [0.2, 0.25) is 0 Å². The average Bonchev–Trinajstić information content (AvgIpc) is 2.58. The van der Waals surface area contributed by atoms with Crippen LogP contribution in [0.3, 0.4) is 0 Å². The predicted octanol–water partition coefficient (Wildman–Crippen LogP) is 0.685. The first kappa shape index (κ1) is 10.2. The van der Waals surface area contributed by atoms with Crippen molar-refractivity contribution in [2.45, 2.75) is 6.54 Å². The number of rotatable bonds is 3. The first-order valence-corrected chi connectivity index (χ1v) is 4.96. The summed E-state index contributed by atoms with van der Waals surface area (Å²) in [6, 6.07) is 5.14. The summed E-state index contributed by atoms with van der Waals surface area (Å²) in [5.41, 5.74) is 1.91. The van der Waals surface area contributed by atoms with Crippen LogP contribution in [0.25, 0.3) is 10.9 Å². The minimum atomic E-state index is -0.183. The molecule has 78 valence electrons. The topological polar surface area (TPSA) is 14.2 Å². The maximum Gasteiger partial charge on any atom is 0.140 e. The molecule has 15 heavy (non-hydrogen) atoms. The third-order valence-corrected chi connectivity index (χ3v) is 2.60. The number of fused-ring (bicyclic) bond motifs is 1. The number of hydrogen-bond donors (Lipinski definition) is 0. The second kappa shape index (κ2) is 4.07. The number of nitrogens with zero attached hydrogens (tertiary/aromatic N) is 1. The summed E-state index contributed by atoms with van der Waals surface area (Å²) >= 11 is 0. The lowest BCUT2D eigenvalue weighted by molar-refractivity contribution is 0.188. The maximum atomic E-state index is 13.2. The van der Waals surface area contributed by atoms with Gasteiger partial charge in [-0.2, -0.15) is 0 Å². The molecule has 0 amide bonds. The molecule has 0 unspecified atom stereocenters. The molecule has 0 saturated heterocycles. The van der Waals surface area contributed by atoms with Crippen molar-refractivity contribution in [2.24, 2.45) is 0 Å². The Hall–Kier alpha value is -1.29. The normalized spacial score (nSPS) is 11.1. The van der Waals surface area contributed by atoms with Gasteiger partial charge in [0, 0.05) is 19.9 Å². The number of methoxy groups -OCH3 is 1. The Bertz CT molecular complexity index is 481. The molecule has 0 saturated carbocycles. The lowest BCUT2D eigenvalue weighted by Crippen LogP contribution is -2.07. The Labute approximate surface area is 89.1 Å². The van der Waals surface area contributed by atoms with Gasteiger partial charge in [-0.25, -0.2) is 4.39 Å². The van der Waals surface area contributed by atoms with E-state index < -0.39 is 0 Å². The smallest absolute Gasteiger partial charge is 0.140 e. The molecule has 4 heteroatoms. The van der Waals surface area contributed by atoms with E-state index in [1.54, 1.807) is 19.2 Å². The van der Waals surface area contributed by atoms with Crippen LogP contribution in [0.4, 0.5) is 4.39 Å². The van der Waals surface area contributed by atoms with Gasteiger partial charge in [-0.3, -0.25) is 0 Å². The van der Waals surface area contributed by atoms with Crippen molar-refractivity contribution in [2.75, 3.05) is 13.7 Å². The molecule has 0 aliphatic carbocycles. The fourth-order valence-electron chi connectivity index (χ4n) is 1.82. The number of aromatic nitrogens is 1. The van der Waals surface area contributed by atoms with Crippen LogP contribution < -0.4 is 5.46 Å². The monoisotopic (exact) mass is 205 g/mol. The van der Waals surface area contributed by atoms with Crippen molar-refractivity contribution in [1.82, 2.24) is 4.57 Å². The second-order valence-electron chi connectivity index (χ2n) is 3.66. The molecule has 0 radical (unpaired) electrons. The summed E-state index contributed by atoms with van der Waals surface area (Å²) in [7, 11) is 3.59. The number of hydrogen-bond acceptors (Lipinski definition) is 1. The SMILES string of the molecule is Bc1cc(F)cc2c1ccn2CCOC. The van der Waals surface area contributed by atoms with Gasteiger partial charge < -0.3 is 9.30 Å². The largest absolute Gasteiger partial charge is 0.383 e. The zero-order valence-electron chi connectivity index (χ0n) is 8.96. The predicted molar refractivity (Wildman–Crippen MR) is 62.0 cm³/mol. The summed E-state index contributed by atoms with van der Waals surface area (Å²) in [6.07, 6.45) is 1.97. The van der Waals surface area contributed by atoms with Crippen LogP contribution >= 0.6 is 0 Å².